The van der Waals surface area contributed by atoms with Crippen molar-refractivity contribution in [1.82, 2.24) is 0 Å². The molecular weight excluding hydrogens is 420 g/mol. The molecule has 4 rings (SSSR count). The lowest BCUT2D eigenvalue weighted by molar-refractivity contribution is -0.119. The molecule has 0 bridgehead atoms. The summed E-state index contributed by atoms with van der Waals surface area (Å²) in [5.74, 6) is -2.49. The molecule has 29 heavy (non-hydrogen) atoms. The van der Waals surface area contributed by atoms with Crippen LogP contribution in [0.1, 0.15) is 11.3 Å². The van der Waals surface area contributed by atoms with Crippen LogP contribution in [0.25, 0.3) is 5.57 Å². The predicted molar refractivity (Wildman–Crippen MR) is 107 cm³/mol. The van der Waals surface area contributed by atoms with Crippen LogP contribution < -0.4 is 4.90 Å². The molecule has 0 radical (unpaired) electrons. The molecule has 0 fully saturated rings. The van der Waals surface area contributed by atoms with Crippen LogP contribution in [0.3, 0.4) is 0 Å². The van der Waals surface area contributed by atoms with Crippen molar-refractivity contribution in [3.05, 3.63) is 93.7 Å². The SMILES string of the molecule is O=C1C(SCc2ccco2)=C(c2ccc(Cl)cc2)C(=O)N1c1ccc(F)c(F)c1. The number of imide groups is 1. The summed E-state index contributed by atoms with van der Waals surface area (Å²) in [6.07, 6.45) is 1.51. The highest BCUT2D eigenvalue weighted by Gasteiger charge is 2.40. The number of rotatable bonds is 5. The van der Waals surface area contributed by atoms with Gasteiger partial charge in [-0.2, -0.15) is 0 Å². The van der Waals surface area contributed by atoms with Crippen molar-refractivity contribution in [2.45, 2.75) is 5.75 Å². The van der Waals surface area contributed by atoms with E-state index < -0.39 is 23.4 Å². The molecule has 8 heteroatoms. The van der Waals surface area contributed by atoms with E-state index in [-0.39, 0.29) is 16.2 Å². The standard InChI is InChI=1S/C21H12ClF2NO3S/c22-13-5-3-12(4-6-13)18-19(29-11-15-2-1-9-28-15)21(27)25(20(18)26)14-7-8-16(23)17(24)10-14/h1-10H,11H2. The van der Waals surface area contributed by atoms with Crippen LogP contribution in [0.15, 0.2) is 70.2 Å². The van der Waals surface area contributed by atoms with Crippen LogP contribution in [0.4, 0.5) is 14.5 Å². The van der Waals surface area contributed by atoms with Crippen molar-refractivity contribution < 1.29 is 22.8 Å². The fourth-order valence-corrected chi connectivity index (χ4v) is 4.05. The lowest BCUT2D eigenvalue weighted by atomic mass is 10.1. The Kier molecular flexibility index (Phi) is 5.25. The molecule has 0 saturated heterocycles. The number of halogens is 3. The van der Waals surface area contributed by atoms with Crippen molar-refractivity contribution >= 4 is 46.4 Å². The fourth-order valence-electron chi connectivity index (χ4n) is 2.91. The summed E-state index contributed by atoms with van der Waals surface area (Å²) in [6, 6.07) is 12.8. The van der Waals surface area contributed by atoms with Crippen LogP contribution in [0, 0.1) is 11.6 Å². The van der Waals surface area contributed by atoms with E-state index in [0.717, 1.165) is 28.8 Å². The van der Waals surface area contributed by atoms with Crippen LogP contribution >= 0.6 is 23.4 Å². The van der Waals surface area contributed by atoms with Gasteiger partial charge in [0, 0.05) is 11.1 Å². The Hall–Kier alpha value is -2.90. The number of hydrogen-bond donors (Lipinski definition) is 0. The van der Waals surface area contributed by atoms with Gasteiger partial charge < -0.3 is 4.42 Å². The molecule has 146 valence electrons. The quantitative estimate of drug-likeness (QED) is 0.505. The number of furan rings is 1. The van der Waals surface area contributed by atoms with Gasteiger partial charge in [0.05, 0.1) is 28.2 Å². The largest absolute Gasteiger partial charge is 0.468 e. The number of carbonyl (C=O) groups is 2. The van der Waals surface area contributed by atoms with Gasteiger partial charge in [0.25, 0.3) is 11.8 Å². The third kappa shape index (κ3) is 3.71. The van der Waals surface area contributed by atoms with Crippen LogP contribution in [0.2, 0.25) is 5.02 Å². The lowest BCUT2D eigenvalue weighted by Crippen LogP contribution is -2.31. The average Bonchev–Trinajstić information content (AvgIpc) is 3.30. The Balaban J connectivity index is 1.76. The molecule has 0 spiro atoms. The number of carbonyl (C=O) groups excluding carboxylic acids is 2. The third-order valence-corrected chi connectivity index (χ3v) is 5.62. The molecule has 0 atom stereocenters. The van der Waals surface area contributed by atoms with E-state index in [4.69, 9.17) is 16.0 Å². The molecule has 2 heterocycles. The first kappa shape index (κ1) is 19.4. The van der Waals surface area contributed by atoms with Gasteiger partial charge >= 0.3 is 0 Å². The van der Waals surface area contributed by atoms with Crippen molar-refractivity contribution in [3.8, 4) is 0 Å². The third-order valence-electron chi connectivity index (χ3n) is 4.27. The molecule has 1 aliphatic rings. The van der Waals surface area contributed by atoms with E-state index in [1.807, 2.05) is 0 Å². The second-order valence-corrected chi connectivity index (χ2v) is 7.55. The molecule has 2 amide bonds. The van der Waals surface area contributed by atoms with Gasteiger partial charge in [-0.05, 0) is 42.0 Å². The predicted octanol–water partition coefficient (Wildman–Crippen LogP) is 5.43. The second-order valence-electron chi connectivity index (χ2n) is 6.12. The molecular formula is C21H12ClF2NO3S. The highest BCUT2D eigenvalue weighted by Crippen LogP contribution is 2.40. The van der Waals surface area contributed by atoms with Crippen LogP contribution in [-0.4, -0.2) is 11.8 Å². The van der Waals surface area contributed by atoms with E-state index in [1.165, 1.54) is 12.3 Å². The molecule has 4 nitrogen and oxygen atoms in total. The average molecular weight is 432 g/mol. The van der Waals surface area contributed by atoms with Gasteiger partial charge in [-0.25, -0.2) is 13.7 Å². The Morgan fingerprint density at radius 3 is 2.38 bits per heavy atom. The van der Waals surface area contributed by atoms with Crippen molar-refractivity contribution in [2.24, 2.45) is 0 Å². The second kappa shape index (κ2) is 7.85. The van der Waals surface area contributed by atoms with Crippen molar-refractivity contribution in [2.75, 3.05) is 4.90 Å². The van der Waals surface area contributed by atoms with Gasteiger partial charge in [0.1, 0.15) is 5.76 Å². The molecule has 3 aromatic rings. The number of anilines is 1. The van der Waals surface area contributed by atoms with Crippen LogP contribution in [-0.2, 0) is 15.3 Å². The van der Waals surface area contributed by atoms with Gasteiger partial charge in [-0.3, -0.25) is 9.59 Å². The fraction of sp³-hybridized carbons (Fsp3) is 0.0476. The number of benzene rings is 2. The first-order valence-electron chi connectivity index (χ1n) is 8.45. The summed E-state index contributed by atoms with van der Waals surface area (Å²) >= 11 is 7.07. The van der Waals surface area contributed by atoms with Gasteiger partial charge in [-0.15, -0.1) is 11.8 Å². The Morgan fingerprint density at radius 2 is 1.72 bits per heavy atom. The lowest BCUT2D eigenvalue weighted by Gasteiger charge is -2.15. The summed E-state index contributed by atoms with van der Waals surface area (Å²) < 4.78 is 32.3. The Morgan fingerprint density at radius 1 is 0.966 bits per heavy atom. The van der Waals surface area contributed by atoms with E-state index >= 15 is 0 Å². The smallest absolute Gasteiger partial charge is 0.272 e. The summed E-state index contributed by atoms with van der Waals surface area (Å²) in [5.41, 5.74) is 0.631. The maximum absolute atomic E-state index is 13.7. The highest BCUT2D eigenvalue weighted by atomic mass is 35.5. The summed E-state index contributed by atoms with van der Waals surface area (Å²) in [4.78, 5) is 27.2. The zero-order valence-electron chi connectivity index (χ0n) is 14.7. The minimum Gasteiger partial charge on any atom is -0.468 e. The number of amides is 2. The minimum absolute atomic E-state index is 0.0426. The van der Waals surface area contributed by atoms with E-state index in [0.29, 0.717) is 22.1 Å². The Labute approximate surface area is 173 Å². The van der Waals surface area contributed by atoms with Gasteiger partial charge in [0.15, 0.2) is 11.6 Å². The molecule has 0 saturated carbocycles. The molecule has 2 aromatic carbocycles. The molecule has 0 aliphatic carbocycles. The summed E-state index contributed by atoms with van der Waals surface area (Å²) in [6.45, 7) is 0. The Bertz CT molecular complexity index is 1130. The normalized spacial score (nSPS) is 14.2. The van der Waals surface area contributed by atoms with E-state index in [1.54, 1.807) is 36.4 Å². The first-order chi connectivity index (χ1) is 14.0. The molecule has 1 aromatic heterocycles. The van der Waals surface area contributed by atoms with Crippen LogP contribution in [0.5, 0.6) is 0 Å². The van der Waals surface area contributed by atoms with Crippen molar-refractivity contribution in [1.29, 1.82) is 0 Å². The number of thioether (sulfide) groups is 1. The maximum Gasteiger partial charge on any atom is 0.272 e. The topological polar surface area (TPSA) is 50.5 Å². The monoisotopic (exact) mass is 431 g/mol. The molecule has 0 unspecified atom stereocenters. The summed E-state index contributed by atoms with van der Waals surface area (Å²) in [7, 11) is 0. The highest BCUT2D eigenvalue weighted by molar-refractivity contribution is 8.03. The molecule has 1 aliphatic heterocycles. The zero-order chi connectivity index (χ0) is 20.5. The van der Waals surface area contributed by atoms with Crippen molar-refractivity contribution in [3.63, 3.8) is 0 Å². The first-order valence-corrected chi connectivity index (χ1v) is 9.81. The van der Waals surface area contributed by atoms with E-state index in [2.05, 4.69) is 0 Å². The number of nitrogens with zero attached hydrogens (tertiary/aromatic N) is 1. The molecule has 0 N–H and O–H groups in total. The maximum atomic E-state index is 13.7. The summed E-state index contributed by atoms with van der Waals surface area (Å²) in [5, 5.41) is 0.480. The van der Waals surface area contributed by atoms with Gasteiger partial charge in [-0.1, -0.05) is 23.7 Å². The zero-order valence-corrected chi connectivity index (χ0v) is 16.3. The van der Waals surface area contributed by atoms with Gasteiger partial charge in [0.2, 0.25) is 0 Å². The van der Waals surface area contributed by atoms with E-state index in [9.17, 15) is 18.4 Å². The minimum atomic E-state index is -1.15. The number of hydrogen-bond acceptors (Lipinski definition) is 4.